The molecule has 40 heavy (non-hydrogen) atoms. The van der Waals surface area contributed by atoms with E-state index in [1.807, 2.05) is 18.5 Å². The number of pyridine rings is 1. The van der Waals surface area contributed by atoms with E-state index < -0.39 is 0 Å². The highest BCUT2D eigenvalue weighted by Gasteiger charge is 2.16. The van der Waals surface area contributed by atoms with E-state index in [0.29, 0.717) is 0 Å². The van der Waals surface area contributed by atoms with Crippen molar-refractivity contribution in [3.05, 3.63) is 128 Å². The maximum absolute atomic E-state index is 4.58. The van der Waals surface area contributed by atoms with E-state index in [9.17, 15) is 0 Å². The van der Waals surface area contributed by atoms with Crippen LogP contribution in [0.3, 0.4) is 0 Å². The van der Waals surface area contributed by atoms with Gasteiger partial charge in [-0.1, -0.05) is 54.6 Å². The van der Waals surface area contributed by atoms with Gasteiger partial charge in [-0.2, -0.15) is 0 Å². The summed E-state index contributed by atoms with van der Waals surface area (Å²) in [6.07, 6.45) is 14.2. The number of nitrogens with zero attached hydrogens (tertiary/aromatic N) is 5. The molecule has 0 amide bonds. The topological polar surface area (TPSA) is 64.5 Å². The van der Waals surface area contributed by atoms with E-state index in [2.05, 4.69) is 97.7 Å². The molecule has 0 saturated carbocycles. The Kier molecular flexibility index (Phi) is 5.07. The van der Waals surface area contributed by atoms with Crippen molar-refractivity contribution in [1.29, 1.82) is 0 Å². The van der Waals surface area contributed by atoms with E-state index in [0.717, 1.165) is 39.2 Å². The zero-order valence-electron chi connectivity index (χ0n) is 21.4. The average Bonchev–Trinajstić information content (AvgIpc) is 3.04. The first-order chi connectivity index (χ1) is 19.8. The quantitative estimate of drug-likeness (QED) is 0.223. The summed E-state index contributed by atoms with van der Waals surface area (Å²) in [6.45, 7) is 0. The molecule has 186 valence electrons. The third kappa shape index (κ3) is 3.60. The summed E-state index contributed by atoms with van der Waals surface area (Å²) < 4.78 is 0. The Bertz CT molecular complexity index is 2090. The molecule has 8 rings (SSSR count). The number of hydrogen-bond donors (Lipinski definition) is 0. The Hall–Kier alpha value is -5.55. The van der Waals surface area contributed by atoms with Crippen LogP contribution in [-0.2, 0) is 0 Å². The highest BCUT2D eigenvalue weighted by atomic mass is 14.8. The normalized spacial score (nSPS) is 11.5. The molecule has 0 unspecified atom stereocenters. The summed E-state index contributed by atoms with van der Waals surface area (Å²) in [5, 5.41) is 7.43. The molecule has 5 heteroatoms. The molecule has 0 aliphatic rings. The van der Waals surface area contributed by atoms with Crippen molar-refractivity contribution >= 4 is 32.3 Å². The highest BCUT2D eigenvalue weighted by molar-refractivity contribution is 6.27. The monoisotopic (exact) mass is 511 g/mol. The Morgan fingerprint density at radius 3 is 1.45 bits per heavy atom. The van der Waals surface area contributed by atoms with Crippen molar-refractivity contribution in [3.8, 4) is 44.8 Å². The second-order valence-corrected chi connectivity index (χ2v) is 9.87. The molecule has 8 aromatic rings. The summed E-state index contributed by atoms with van der Waals surface area (Å²) in [7, 11) is 0. The molecule has 0 saturated heterocycles. The lowest BCUT2D eigenvalue weighted by Gasteiger charge is -2.17. The summed E-state index contributed by atoms with van der Waals surface area (Å²) in [6, 6.07) is 28.4. The van der Waals surface area contributed by atoms with Crippen molar-refractivity contribution in [3.63, 3.8) is 0 Å². The van der Waals surface area contributed by atoms with Crippen LogP contribution in [0.5, 0.6) is 0 Å². The molecule has 0 aliphatic heterocycles. The van der Waals surface area contributed by atoms with Crippen LogP contribution in [0.4, 0.5) is 0 Å². The van der Waals surface area contributed by atoms with Gasteiger partial charge in [0, 0.05) is 53.9 Å². The molecule has 0 N–H and O–H groups in total. The first-order valence-corrected chi connectivity index (χ1v) is 13.1. The molecule has 0 aliphatic carbocycles. The minimum atomic E-state index is 0.813. The van der Waals surface area contributed by atoms with Gasteiger partial charge >= 0.3 is 0 Å². The summed E-state index contributed by atoms with van der Waals surface area (Å²) >= 11 is 0. The average molecular weight is 512 g/mol. The van der Waals surface area contributed by atoms with Crippen molar-refractivity contribution in [2.45, 2.75) is 0 Å². The zero-order chi connectivity index (χ0) is 26.5. The van der Waals surface area contributed by atoms with Crippen LogP contribution in [0.25, 0.3) is 77.1 Å². The first-order valence-electron chi connectivity index (χ1n) is 13.1. The molecule has 3 heterocycles. The van der Waals surface area contributed by atoms with Gasteiger partial charge in [0.05, 0.1) is 23.8 Å². The van der Waals surface area contributed by atoms with Crippen LogP contribution in [0.2, 0.25) is 0 Å². The third-order valence-electron chi connectivity index (χ3n) is 7.60. The van der Waals surface area contributed by atoms with Crippen molar-refractivity contribution in [1.82, 2.24) is 24.9 Å². The van der Waals surface area contributed by atoms with Crippen LogP contribution in [-0.4, -0.2) is 24.9 Å². The van der Waals surface area contributed by atoms with Gasteiger partial charge in [-0.3, -0.25) is 24.9 Å². The number of rotatable bonds is 4. The number of hydrogen-bond acceptors (Lipinski definition) is 5. The molecule has 0 atom stereocenters. The molecular formula is C35H21N5. The van der Waals surface area contributed by atoms with E-state index in [1.54, 1.807) is 37.2 Å². The Morgan fingerprint density at radius 2 is 0.925 bits per heavy atom. The summed E-state index contributed by atoms with van der Waals surface area (Å²) in [4.78, 5) is 22.2. The second-order valence-electron chi connectivity index (χ2n) is 9.87. The highest BCUT2D eigenvalue weighted by Crippen LogP contribution is 2.43. The minimum Gasteiger partial charge on any atom is -0.264 e. The van der Waals surface area contributed by atoms with Crippen molar-refractivity contribution in [2.24, 2.45) is 0 Å². The molecular weight excluding hydrogens is 490 g/mol. The number of aromatic nitrogens is 5. The fourth-order valence-corrected chi connectivity index (χ4v) is 5.80. The van der Waals surface area contributed by atoms with Crippen LogP contribution in [0.1, 0.15) is 0 Å². The van der Waals surface area contributed by atoms with E-state index in [-0.39, 0.29) is 0 Å². The zero-order valence-corrected chi connectivity index (χ0v) is 21.4. The second kappa shape index (κ2) is 9.03. The SMILES string of the molecule is c1cncc(-c2ccc3ccc4c(-c5cc(-c6cnccn6)cc(-c6cnccn6)c5)ccc5ccc2c3c54)c1. The predicted octanol–water partition coefficient (Wildman–Crippen LogP) is 8.23. The van der Waals surface area contributed by atoms with Gasteiger partial charge in [0.1, 0.15) is 0 Å². The van der Waals surface area contributed by atoms with Crippen LogP contribution in [0, 0.1) is 0 Å². The molecule has 0 radical (unpaired) electrons. The van der Waals surface area contributed by atoms with Crippen molar-refractivity contribution < 1.29 is 0 Å². The summed E-state index contributed by atoms with van der Waals surface area (Å²) in [5.41, 5.74) is 8.15. The van der Waals surface area contributed by atoms with Gasteiger partial charge in [-0.15, -0.1) is 0 Å². The van der Waals surface area contributed by atoms with Crippen LogP contribution >= 0.6 is 0 Å². The van der Waals surface area contributed by atoms with E-state index in [1.165, 1.54) is 37.9 Å². The van der Waals surface area contributed by atoms with Gasteiger partial charge in [-0.25, -0.2) is 0 Å². The van der Waals surface area contributed by atoms with Gasteiger partial charge < -0.3 is 0 Å². The Balaban J connectivity index is 1.41. The van der Waals surface area contributed by atoms with Crippen LogP contribution in [0.15, 0.2) is 128 Å². The predicted molar refractivity (Wildman–Crippen MR) is 161 cm³/mol. The third-order valence-corrected chi connectivity index (χ3v) is 7.60. The molecule has 0 spiro atoms. The van der Waals surface area contributed by atoms with Gasteiger partial charge in [0.15, 0.2) is 0 Å². The lowest BCUT2D eigenvalue weighted by molar-refractivity contribution is 1.20. The summed E-state index contributed by atoms with van der Waals surface area (Å²) in [5.74, 6) is 0. The lowest BCUT2D eigenvalue weighted by Crippen LogP contribution is -1.92. The molecule has 0 bridgehead atoms. The van der Waals surface area contributed by atoms with Crippen molar-refractivity contribution in [2.75, 3.05) is 0 Å². The molecule has 5 nitrogen and oxygen atoms in total. The van der Waals surface area contributed by atoms with E-state index >= 15 is 0 Å². The standard InChI is InChI=1S/C35H21N5/c1-2-24(19-36-11-1)28-7-3-22-6-10-31-29(8-4-23-5-9-30(28)34(22)35(23)31)25-16-26(32-20-37-12-14-39-32)18-27(17-25)33-21-38-13-15-40-33/h1-21H. The largest absolute Gasteiger partial charge is 0.264 e. The number of benzene rings is 5. The van der Waals surface area contributed by atoms with Gasteiger partial charge in [0.25, 0.3) is 0 Å². The molecule has 0 fully saturated rings. The fourth-order valence-electron chi connectivity index (χ4n) is 5.80. The van der Waals surface area contributed by atoms with E-state index in [4.69, 9.17) is 0 Å². The minimum absolute atomic E-state index is 0.813. The Morgan fingerprint density at radius 1 is 0.400 bits per heavy atom. The maximum atomic E-state index is 4.58. The van der Waals surface area contributed by atoms with Gasteiger partial charge in [-0.05, 0) is 73.3 Å². The van der Waals surface area contributed by atoms with Crippen LogP contribution < -0.4 is 0 Å². The fraction of sp³-hybridized carbons (Fsp3) is 0. The lowest BCUT2D eigenvalue weighted by atomic mass is 9.87. The smallest absolute Gasteiger partial charge is 0.0885 e. The molecule has 5 aromatic carbocycles. The maximum Gasteiger partial charge on any atom is 0.0885 e. The first kappa shape index (κ1) is 22.4. The van der Waals surface area contributed by atoms with Gasteiger partial charge in [0.2, 0.25) is 0 Å². The molecule has 3 aromatic heterocycles. The Labute approximate surface area is 230 Å².